The Morgan fingerprint density at radius 2 is 1.89 bits per heavy atom. The van der Waals surface area contributed by atoms with Crippen LogP contribution in [0.2, 0.25) is 0 Å². The monoisotopic (exact) mass is 255 g/mol. The fourth-order valence-corrected chi connectivity index (χ4v) is 3.88. The van der Waals surface area contributed by atoms with Crippen LogP contribution in [0.3, 0.4) is 0 Å². The maximum atomic E-state index is 12.4. The lowest BCUT2D eigenvalue weighted by atomic mass is 9.66. The zero-order chi connectivity index (χ0) is 13.2. The van der Waals surface area contributed by atoms with Crippen LogP contribution in [0.15, 0.2) is 0 Å². The zero-order valence-electron chi connectivity index (χ0n) is 11.8. The molecule has 0 aromatic rings. The van der Waals surface area contributed by atoms with Crippen LogP contribution in [0.25, 0.3) is 0 Å². The van der Waals surface area contributed by atoms with Crippen molar-refractivity contribution >= 4 is 5.97 Å². The lowest BCUT2D eigenvalue weighted by Crippen LogP contribution is -2.64. The highest BCUT2D eigenvalue weighted by Gasteiger charge is 2.60. The summed E-state index contributed by atoms with van der Waals surface area (Å²) in [4.78, 5) is 12.4. The molecule has 1 N–H and O–H groups in total. The Kier molecular flexibility index (Phi) is 3.97. The van der Waals surface area contributed by atoms with Gasteiger partial charge in [0.25, 0.3) is 0 Å². The molecule has 4 nitrogen and oxygen atoms in total. The molecule has 2 rings (SSSR count). The summed E-state index contributed by atoms with van der Waals surface area (Å²) >= 11 is 0. The Bertz CT molecular complexity index is 310. The molecular weight excluding hydrogens is 230 g/mol. The molecule has 0 aromatic heterocycles. The molecule has 0 bridgehead atoms. The third kappa shape index (κ3) is 2.05. The molecule has 4 heteroatoms. The second-order valence-electron chi connectivity index (χ2n) is 5.94. The molecule has 1 saturated heterocycles. The molecule has 0 amide bonds. The van der Waals surface area contributed by atoms with Gasteiger partial charge in [0.05, 0.1) is 7.11 Å². The highest BCUT2D eigenvalue weighted by atomic mass is 16.5. The van der Waals surface area contributed by atoms with Crippen LogP contribution < -0.4 is 5.32 Å². The minimum atomic E-state index is -0.500. The molecule has 1 heterocycles. The third-order valence-corrected chi connectivity index (χ3v) is 4.63. The van der Waals surface area contributed by atoms with E-state index in [2.05, 4.69) is 19.2 Å². The molecule has 1 atom stereocenters. The van der Waals surface area contributed by atoms with Crippen LogP contribution in [0, 0.1) is 5.41 Å². The average molecular weight is 255 g/mol. The van der Waals surface area contributed by atoms with Crippen molar-refractivity contribution in [2.75, 3.05) is 20.3 Å². The Labute approximate surface area is 109 Å². The van der Waals surface area contributed by atoms with E-state index < -0.39 is 5.54 Å². The van der Waals surface area contributed by atoms with Gasteiger partial charge in [0.1, 0.15) is 5.54 Å². The Balaban J connectivity index is 2.33. The number of carbonyl (C=O) groups excluding carboxylic acids is 1. The van der Waals surface area contributed by atoms with Crippen molar-refractivity contribution in [2.45, 2.75) is 57.5 Å². The van der Waals surface area contributed by atoms with Crippen molar-refractivity contribution in [1.29, 1.82) is 0 Å². The molecule has 1 aliphatic carbocycles. The predicted octanol–water partition coefficient (Wildman–Crippen LogP) is 1.88. The second-order valence-corrected chi connectivity index (χ2v) is 5.94. The quantitative estimate of drug-likeness (QED) is 0.782. The summed E-state index contributed by atoms with van der Waals surface area (Å²) in [5, 5.41) is 3.54. The number of rotatable bonds is 3. The Hall–Kier alpha value is -0.610. The van der Waals surface area contributed by atoms with Gasteiger partial charge in [-0.2, -0.15) is 0 Å². The number of nitrogens with one attached hydrogen (secondary N) is 1. The Morgan fingerprint density at radius 1 is 1.22 bits per heavy atom. The van der Waals surface area contributed by atoms with Crippen molar-refractivity contribution in [3.8, 4) is 0 Å². The molecule has 0 aromatic carbocycles. The van der Waals surface area contributed by atoms with Gasteiger partial charge in [-0.1, -0.05) is 6.42 Å². The van der Waals surface area contributed by atoms with Crippen molar-refractivity contribution in [3.05, 3.63) is 0 Å². The lowest BCUT2D eigenvalue weighted by Gasteiger charge is -2.47. The number of carbonyl (C=O) groups is 1. The van der Waals surface area contributed by atoms with E-state index in [1.54, 1.807) is 0 Å². The molecule has 2 fully saturated rings. The first kappa shape index (κ1) is 13.8. The molecule has 104 valence electrons. The lowest BCUT2D eigenvalue weighted by molar-refractivity contribution is -0.158. The van der Waals surface area contributed by atoms with Crippen LogP contribution in [0.1, 0.15) is 46.0 Å². The van der Waals surface area contributed by atoms with Crippen molar-refractivity contribution in [2.24, 2.45) is 5.41 Å². The van der Waals surface area contributed by atoms with E-state index in [0.29, 0.717) is 0 Å². The molecule has 1 aliphatic heterocycles. The third-order valence-electron chi connectivity index (χ3n) is 4.63. The molecule has 2 aliphatic rings. The van der Waals surface area contributed by atoms with Gasteiger partial charge in [0.15, 0.2) is 0 Å². The van der Waals surface area contributed by atoms with Gasteiger partial charge in [-0.3, -0.25) is 10.1 Å². The van der Waals surface area contributed by atoms with Gasteiger partial charge >= 0.3 is 5.97 Å². The topological polar surface area (TPSA) is 47.6 Å². The average Bonchev–Trinajstić information content (AvgIpc) is 2.68. The minimum Gasteiger partial charge on any atom is -0.468 e. The molecule has 1 unspecified atom stereocenters. The molecule has 1 spiro atoms. The Morgan fingerprint density at radius 3 is 2.44 bits per heavy atom. The maximum Gasteiger partial charge on any atom is 0.326 e. The number of hydrogen-bond donors (Lipinski definition) is 1. The van der Waals surface area contributed by atoms with E-state index in [0.717, 1.165) is 45.3 Å². The first-order chi connectivity index (χ1) is 8.56. The number of methoxy groups -OCH3 is 1. The van der Waals surface area contributed by atoms with E-state index in [4.69, 9.17) is 9.47 Å². The second kappa shape index (κ2) is 5.17. The van der Waals surface area contributed by atoms with Crippen LogP contribution >= 0.6 is 0 Å². The molecule has 0 radical (unpaired) electrons. The summed E-state index contributed by atoms with van der Waals surface area (Å²) in [6.45, 7) is 5.71. The van der Waals surface area contributed by atoms with Gasteiger partial charge in [0, 0.05) is 24.7 Å². The fourth-order valence-electron chi connectivity index (χ4n) is 3.88. The SMILES string of the molecule is COC(=O)C1(NC(C)C)CCCC12CCOCC2. The molecular formula is C14H25NO3. The van der Waals surface area contributed by atoms with Crippen molar-refractivity contribution in [3.63, 3.8) is 0 Å². The van der Waals surface area contributed by atoms with Gasteiger partial charge in [-0.25, -0.2) is 0 Å². The van der Waals surface area contributed by atoms with Crippen LogP contribution in [0.5, 0.6) is 0 Å². The zero-order valence-corrected chi connectivity index (χ0v) is 11.8. The first-order valence-corrected chi connectivity index (χ1v) is 7.00. The normalized spacial score (nSPS) is 30.9. The molecule has 18 heavy (non-hydrogen) atoms. The van der Waals surface area contributed by atoms with Gasteiger partial charge in [-0.05, 0) is 39.5 Å². The van der Waals surface area contributed by atoms with Gasteiger partial charge < -0.3 is 9.47 Å². The van der Waals surface area contributed by atoms with Gasteiger partial charge in [-0.15, -0.1) is 0 Å². The minimum absolute atomic E-state index is 0.0304. The first-order valence-electron chi connectivity index (χ1n) is 7.00. The van der Waals surface area contributed by atoms with Crippen LogP contribution in [-0.2, 0) is 14.3 Å². The standard InChI is InChI=1S/C14H25NO3/c1-11(2)15-14(12(16)17-3)6-4-5-13(14)7-9-18-10-8-13/h11,15H,4-10H2,1-3H3. The highest BCUT2D eigenvalue weighted by Crippen LogP contribution is 2.53. The van der Waals surface area contributed by atoms with E-state index in [9.17, 15) is 4.79 Å². The van der Waals surface area contributed by atoms with E-state index in [1.165, 1.54) is 7.11 Å². The van der Waals surface area contributed by atoms with E-state index in [-0.39, 0.29) is 17.4 Å². The number of hydrogen-bond acceptors (Lipinski definition) is 4. The van der Waals surface area contributed by atoms with Crippen molar-refractivity contribution in [1.82, 2.24) is 5.32 Å². The summed E-state index contributed by atoms with van der Waals surface area (Å²) < 4.78 is 10.6. The highest BCUT2D eigenvalue weighted by molar-refractivity contribution is 5.82. The van der Waals surface area contributed by atoms with E-state index in [1.807, 2.05) is 0 Å². The smallest absolute Gasteiger partial charge is 0.326 e. The fraction of sp³-hybridized carbons (Fsp3) is 0.929. The van der Waals surface area contributed by atoms with Crippen LogP contribution in [-0.4, -0.2) is 37.9 Å². The number of ether oxygens (including phenoxy) is 2. The van der Waals surface area contributed by atoms with Crippen molar-refractivity contribution < 1.29 is 14.3 Å². The van der Waals surface area contributed by atoms with E-state index >= 15 is 0 Å². The predicted molar refractivity (Wildman–Crippen MR) is 69.4 cm³/mol. The maximum absolute atomic E-state index is 12.4. The van der Waals surface area contributed by atoms with Gasteiger partial charge in [0.2, 0.25) is 0 Å². The summed E-state index contributed by atoms with van der Waals surface area (Å²) in [6, 6.07) is 0.280. The largest absolute Gasteiger partial charge is 0.468 e. The number of esters is 1. The summed E-state index contributed by atoms with van der Waals surface area (Å²) in [6.07, 6.45) is 5.00. The molecule has 1 saturated carbocycles. The van der Waals surface area contributed by atoms with Crippen LogP contribution in [0.4, 0.5) is 0 Å². The summed E-state index contributed by atoms with van der Waals surface area (Å²) in [7, 11) is 1.50. The summed E-state index contributed by atoms with van der Waals surface area (Å²) in [5.74, 6) is -0.0874. The summed E-state index contributed by atoms with van der Waals surface area (Å²) in [5.41, 5.74) is -0.470.